The summed E-state index contributed by atoms with van der Waals surface area (Å²) in [5.41, 5.74) is 0.572. The molecule has 0 radical (unpaired) electrons. The Labute approximate surface area is 82.8 Å². The highest BCUT2D eigenvalue weighted by molar-refractivity contribution is 7.80. The van der Waals surface area contributed by atoms with Crippen molar-refractivity contribution in [2.45, 2.75) is 4.90 Å². The molecule has 0 aromatic heterocycles. The van der Waals surface area contributed by atoms with Crippen molar-refractivity contribution in [3.8, 4) is 12.3 Å². The zero-order valence-electron chi connectivity index (χ0n) is 6.95. The first kappa shape index (κ1) is 9.69. The van der Waals surface area contributed by atoms with E-state index in [-0.39, 0.29) is 12.5 Å². The lowest BCUT2D eigenvalue weighted by Gasteiger charge is -2.01. The minimum absolute atomic E-state index is 0.172. The molecule has 3 heteroatoms. The van der Waals surface area contributed by atoms with Crippen LogP contribution in [0.2, 0.25) is 0 Å². The highest BCUT2D eigenvalue weighted by Gasteiger charge is 2.02. The van der Waals surface area contributed by atoms with Crippen LogP contribution in [-0.2, 0) is 0 Å². The molecule has 0 aliphatic rings. The third kappa shape index (κ3) is 2.85. The van der Waals surface area contributed by atoms with Gasteiger partial charge < -0.3 is 5.32 Å². The number of terminal acetylenes is 1. The number of carbonyl (C=O) groups is 1. The number of hydrogen-bond acceptors (Lipinski definition) is 2. The van der Waals surface area contributed by atoms with Crippen LogP contribution in [0.3, 0.4) is 0 Å². The van der Waals surface area contributed by atoms with Gasteiger partial charge in [-0.3, -0.25) is 4.79 Å². The van der Waals surface area contributed by atoms with Crippen LogP contribution in [0.4, 0.5) is 0 Å². The lowest BCUT2D eigenvalue weighted by Crippen LogP contribution is -2.23. The first-order valence-corrected chi connectivity index (χ1v) is 4.19. The zero-order valence-corrected chi connectivity index (χ0v) is 7.84. The molecule has 0 unspecified atom stereocenters. The summed E-state index contributed by atoms with van der Waals surface area (Å²) in [6.45, 7) is 0.246. The third-order valence-electron chi connectivity index (χ3n) is 1.46. The summed E-state index contributed by atoms with van der Waals surface area (Å²) in [7, 11) is 0. The summed E-state index contributed by atoms with van der Waals surface area (Å²) in [6.07, 6.45) is 5.00. The van der Waals surface area contributed by atoms with E-state index in [9.17, 15) is 4.79 Å². The van der Waals surface area contributed by atoms with Crippen LogP contribution in [0.5, 0.6) is 0 Å². The van der Waals surface area contributed by atoms with E-state index in [0.717, 1.165) is 4.90 Å². The average Bonchev–Trinajstić information content (AvgIpc) is 2.14. The van der Waals surface area contributed by atoms with E-state index in [0.29, 0.717) is 5.56 Å². The number of rotatable bonds is 2. The van der Waals surface area contributed by atoms with Crippen molar-refractivity contribution in [3.05, 3.63) is 29.8 Å². The second-order valence-corrected chi connectivity index (χ2v) is 2.95. The van der Waals surface area contributed by atoms with E-state index in [1.165, 1.54) is 0 Å². The molecular formula is C10H9NOS. The van der Waals surface area contributed by atoms with Crippen molar-refractivity contribution in [2.75, 3.05) is 6.54 Å². The Kier molecular flexibility index (Phi) is 3.41. The van der Waals surface area contributed by atoms with Crippen molar-refractivity contribution in [1.29, 1.82) is 0 Å². The van der Waals surface area contributed by atoms with Gasteiger partial charge in [-0.2, -0.15) is 0 Å². The summed E-state index contributed by atoms with van der Waals surface area (Å²) in [6, 6.07) is 6.98. The molecule has 0 spiro atoms. The molecule has 0 atom stereocenters. The molecule has 0 aliphatic carbocycles. The molecule has 0 heterocycles. The van der Waals surface area contributed by atoms with Gasteiger partial charge in [-0.05, 0) is 18.2 Å². The molecule has 66 valence electrons. The Morgan fingerprint density at radius 2 is 2.38 bits per heavy atom. The number of hydrogen-bond donors (Lipinski definition) is 2. The fourth-order valence-corrected chi connectivity index (χ4v) is 1.11. The minimum atomic E-state index is -0.172. The molecular weight excluding hydrogens is 182 g/mol. The van der Waals surface area contributed by atoms with Gasteiger partial charge in [0.05, 0.1) is 6.54 Å². The summed E-state index contributed by atoms with van der Waals surface area (Å²) in [5, 5.41) is 2.57. The van der Waals surface area contributed by atoms with Gasteiger partial charge in [-0.25, -0.2) is 0 Å². The summed E-state index contributed by atoms with van der Waals surface area (Å²) in [5.74, 6) is 2.16. The predicted molar refractivity (Wildman–Crippen MR) is 54.9 cm³/mol. The molecule has 1 rings (SSSR count). The Bertz CT molecular complexity index is 354. The van der Waals surface area contributed by atoms with Crippen LogP contribution in [0.1, 0.15) is 10.4 Å². The fourth-order valence-electron chi connectivity index (χ4n) is 0.881. The Balaban J connectivity index is 2.72. The van der Waals surface area contributed by atoms with Crippen LogP contribution in [0.15, 0.2) is 29.2 Å². The van der Waals surface area contributed by atoms with Crippen LogP contribution >= 0.6 is 12.6 Å². The molecule has 1 aromatic carbocycles. The van der Waals surface area contributed by atoms with E-state index >= 15 is 0 Å². The van der Waals surface area contributed by atoms with Crippen molar-refractivity contribution in [1.82, 2.24) is 5.32 Å². The van der Waals surface area contributed by atoms with Crippen molar-refractivity contribution < 1.29 is 4.79 Å². The van der Waals surface area contributed by atoms with Gasteiger partial charge in [0.1, 0.15) is 0 Å². The zero-order chi connectivity index (χ0) is 9.68. The summed E-state index contributed by atoms with van der Waals surface area (Å²) < 4.78 is 0. The lowest BCUT2D eigenvalue weighted by molar-refractivity contribution is 0.0958. The quantitative estimate of drug-likeness (QED) is 0.536. The monoisotopic (exact) mass is 191 g/mol. The maximum absolute atomic E-state index is 11.3. The summed E-state index contributed by atoms with van der Waals surface area (Å²) >= 11 is 4.12. The smallest absolute Gasteiger partial charge is 0.252 e. The van der Waals surface area contributed by atoms with E-state index in [2.05, 4.69) is 23.9 Å². The van der Waals surface area contributed by atoms with Gasteiger partial charge in [0.25, 0.3) is 5.91 Å². The van der Waals surface area contributed by atoms with Crippen LogP contribution in [0.25, 0.3) is 0 Å². The number of benzene rings is 1. The predicted octanol–water partition coefficient (Wildman–Crippen LogP) is 1.34. The second-order valence-electron chi connectivity index (χ2n) is 2.44. The van der Waals surface area contributed by atoms with Crippen LogP contribution < -0.4 is 5.32 Å². The van der Waals surface area contributed by atoms with Gasteiger partial charge in [0.15, 0.2) is 0 Å². The molecule has 0 aliphatic heterocycles. The first-order chi connectivity index (χ1) is 6.24. The molecule has 1 N–H and O–H groups in total. The highest BCUT2D eigenvalue weighted by Crippen LogP contribution is 2.08. The molecule has 2 nitrogen and oxygen atoms in total. The van der Waals surface area contributed by atoms with E-state index < -0.39 is 0 Å². The molecule has 0 saturated carbocycles. The van der Waals surface area contributed by atoms with E-state index in [4.69, 9.17) is 6.42 Å². The summed E-state index contributed by atoms with van der Waals surface area (Å²) in [4.78, 5) is 12.1. The molecule has 1 amide bonds. The molecule has 1 aromatic rings. The normalized spacial score (nSPS) is 8.92. The Hall–Kier alpha value is -1.40. The maximum Gasteiger partial charge on any atom is 0.252 e. The number of nitrogens with one attached hydrogen (secondary N) is 1. The topological polar surface area (TPSA) is 29.1 Å². The highest BCUT2D eigenvalue weighted by atomic mass is 32.1. The van der Waals surface area contributed by atoms with Crippen LogP contribution in [0, 0.1) is 12.3 Å². The number of amides is 1. The van der Waals surface area contributed by atoms with E-state index in [1.807, 2.05) is 0 Å². The SMILES string of the molecule is C#CCNC(=O)c1cccc(S)c1. The largest absolute Gasteiger partial charge is 0.341 e. The molecule has 0 saturated heterocycles. The molecule has 13 heavy (non-hydrogen) atoms. The third-order valence-corrected chi connectivity index (χ3v) is 1.74. The first-order valence-electron chi connectivity index (χ1n) is 3.74. The molecule has 0 fully saturated rings. The van der Waals surface area contributed by atoms with Gasteiger partial charge >= 0.3 is 0 Å². The Morgan fingerprint density at radius 1 is 1.62 bits per heavy atom. The minimum Gasteiger partial charge on any atom is -0.341 e. The fraction of sp³-hybridized carbons (Fsp3) is 0.100. The lowest BCUT2D eigenvalue weighted by atomic mass is 10.2. The van der Waals surface area contributed by atoms with Gasteiger partial charge in [0.2, 0.25) is 0 Å². The van der Waals surface area contributed by atoms with Crippen molar-refractivity contribution in [2.24, 2.45) is 0 Å². The Morgan fingerprint density at radius 3 is 3.00 bits per heavy atom. The second kappa shape index (κ2) is 4.58. The molecule has 0 bridgehead atoms. The van der Waals surface area contributed by atoms with Crippen molar-refractivity contribution in [3.63, 3.8) is 0 Å². The van der Waals surface area contributed by atoms with E-state index in [1.54, 1.807) is 24.3 Å². The van der Waals surface area contributed by atoms with Crippen molar-refractivity contribution >= 4 is 18.5 Å². The van der Waals surface area contributed by atoms with Gasteiger partial charge in [0, 0.05) is 10.5 Å². The average molecular weight is 191 g/mol. The van der Waals surface area contributed by atoms with Gasteiger partial charge in [-0.15, -0.1) is 19.1 Å². The van der Waals surface area contributed by atoms with Gasteiger partial charge in [-0.1, -0.05) is 12.0 Å². The number of carbonyl (C=O) groups excluding carboxylic acids is 1. The van der Waals surface area contributed by atoms with Crippen LogP contribution in [-0.4, -0.2) is 12.5 Å². The maximum atomic E-state index is 11.3. The number of thiol groups is 1. The standard InChI is InChI=1S/C10H9NOS/c1-2-6-11-10(12)8-4-3-5-9(13)7-8/h1,3-5,7,13H,6H2,(H,11,12).